The summed E-state index contributed by atoms with van der Waals surface area (Å²) in [5.74, 6) is 1.50. The molecule has 0 aromatic carbocycles. The van der Waals surface area contributed by atoms with Gasteiger partial charge >= 0.3 is 0 Å². The minimum atomic E-state index is -0.171. The number of hydrogen-bond acceptors (Lipinski definition) is 6. The van der Waals surface area contributed by atoms with Crippen molar-refractivity contribution in [2.24, 2.45) is 0 Å². The summed E-state index contributed by atoms with van der Waals surface area (Å²) in [6.45, 7) is 9.29. The third-order valence-corrected chi connectivity index (χ3v) is 4.66. The first-order valence-electron chi connectivity index (χ1n) is 7.42. The van der Waals surface area contributed by atoms with Crippen molar-refractivity contribution in [2.75, 3.05) is 23.8 Å². The smallest absolute Gasteiger partial charge is 0.226 e. The number of aliphatic hydroxyl groups is 1. The highest BCUT2D eigenvalue weighted by molar-refractivity contribution is 7.18. The molecule has 5 nitrogen and oxygen atoms in total. The molecule has 21 heavy (non-hydrogen) atoms. The largest absolute Gasteiger partial charge is 0.396 e. The summed E-state index contributed by atoms with van der Waals surface area (Å²) in [6.07, 6.45) is 1.60. The van der Waals surface area contributed by atoms with Gasteiger partial charge in [-0.05, 0) is 39.7 Å². The van der Waals surface area contributed by atoms with Crippen LogP contribution in [0.25, 0.3) is 10.2 Å². The van der Waals surface area contributed by atoms with E-state index in [0.29, 0.717) is 12.4 Å². The zero-order chi connectivity index (χ0) is 15.5. The summed E-state index contributed by atoms with van der Waals surface area (Å²) in [5, 5.41) is 17.0. The standard InChI is InChI=1S/C15H24N4OS/c1-5-15(4,7-8-20)19-12-11-9-10(3)21-13(11)18-14(17-12)16-6-2/h9,20H,5-8H2,1-4H3,(H2,16,17,18,19). The minimum absolute atomic E-state index is 0.161. The van der Waals surface area contributed by atoms with Gasteiger partial charge in [0.2, 0.25) is 5.95 Å². The molecular weight excluding hydrogens is 284 g/mol. The number of hydrogen-bond donors (Lipinski definition) is 3. The fraction of sp³-hybridized carbons (Fsp3) is 0.600. The maximum absolute atomic E-state index is 9.28. The molecular formula is C15H24N4OS. The van der Waals surface area contributed by atoms with E-state index < -0.39 is 0 Å². The lowest BCUT2D eigenvalue weighted by atomic mass is 9.95. The first kappa shape index (κ1) is 16.0. The molecule has 116 valence electrons. The molecule has 3 N–H and O–H groups in total. The highest BCUT2D eigenvalue weighted by atomic mass is 32.1. The molecule has 2 aromatic heterocycles. The van der Waals surface area contributed by atoms with Crippen LogP contribution in [0.15, 0.2) is 6.07 Å². The lowest BCUT2D eigenvalue weighted by Crippen LogP contribution is -2.35. The molecule has 0 aliphatic carbocycles. The van der Waals surface area contributed by atoms with E-state index in [-0.39, 0.29) is 12.1 Å². The maximum Gasteiger partial charge on any atom is 0.226 e. The Bertz CT molecular complexity index is 613. The van der Waals surface area contributed by atoms with Crippen molar-refractivity contribution in [3.63, 3.8) is 0 Å². The van der Waals surface area contributed by atoms with E-state index in [0.717, 1.165) is 29.0 Å². The highest BCUT2D eigenvalue weighted by Gasteiger charge is 2.23. The summed E-state index contributed by atoms with van der Waals surface area (Å²) in [4.78, 5) is 11.4. The minimum Gasteiger partial charge on any atom is -0.396 e. The summed E-state index contributed by atoms with van der Waals surface area (Å²) >= 11 is 1.67. The van der Waals surface area contributed by atoms with Gasteiger partial charge < -0.3 is 15.7 Å². The monoisotopic (exact) mass is 308 g/mol. The van der Waals surface area contributed by atoms with Crippen molar-refractivity contribution in [3.05, 3.63) is 10.9 Å². The highest BCUT2D eigenvalue weighted by Crippen LogP contribution is 2.32. The Labute approximate surface area is 129 Å². The van der Waals surface area contributed by atoms with Gasteiger partial charge in [0.15, 0.2) is 0 Å². The SMILES string of the molecule is CCNc1nc(NC(C)(CC)CCO)c2cc(C)sc2n1. The van der Waals surface area contributed by atoms with Crippen LogP contribution in [-0.2, 0) is 0 Å². The summed E-state index contributed by atoms with van der Waals surface area (Å²) in [7, 11) is 0. The average Bonchev–Trinajstić information content (AvgIpc) is 2.80. The van der Waals surface area contributed by atoms with Gasteiger partial charge in [0.1, 0.15) is 10.6 Å². The van der Waals surface area contributed by atoms with Gasteiger partial charge in [0.25, 0.3) is 0 Å². The predicted molar refractivity (Wildman–Crippen MR) is 90.3 cm³/mol. The molecule has 0 saturated heterocycles. The van der Waals surface area contributed by atoms with Gasteiger partial charge in [0, 0.05) is 23.6 Å². The number of aromatic nitrogens is 2. The van der Waals surface area contributed by atoms with E-state index in [1.807, 2.05) is 6.92 Å². The van der Waals surface area contributed by atoms with Crippen molar-refractivity contribution in [2.45, 2.75) is 46.1 Å². The Morgan fingerprint density at radius 3 is 2.71 bits per heavy atom. The Hall–Kier alpha value is -1.40. The quantitative estimate of drug-likeness (QED) is 0.731. The summed E-state index contributed by atoms with van der Waals surface area (Å²) in [6, 6.07) is 2.12. The number of anilines is 2. The molecule has 0 spiro atoms. The molecule has 0 fully saturated rings. The second-order valence-electron chi connectivity index (χ2n) is 5.51. The molecule has 6 heteroatoms. The van der Waals surface area contributed by atoms with Crippen LogP contribution in [0.4, 0.5) is 11.8 Å². The number of aliphatic hydroxyl groups excluding tert-OH is 1. The molecule has 0 amide bonds. The topological polar surface area (TPSA) is 70.1 Å². The molecule has 0 saturated carbocycles. The van der Waals surface area contributed by atoms with Crippen molar-refractivity contribution >= 4 is 33.3 Å². The number of nitrogens with one attached hydrogen (secondary N) is 2. The number of rotatable bonds is 7. The number of thiophene rings is 1. The van der Waals surface area contributed by atoms with Gasteiger partial charge in [-0.2, -0.15) is 4.98 Å². The Morgan fingerprint density at radius 2 is 2.10 bits per heavy atom. The second-order valence-corrected chi connectivity index (χ2v) is 6.75. The fourth-order valence-electron chi connectivity index (χ4n) is 2.23. The third kappa shape index (κ3) is 3.63. The third-order valence-electron chi connectivity index (χ3n) is 3.71. The fourth-order valence-corrected chi connectivity index (χ4v) is 3.11. The van der Waals surface area contributed by atoms with Gasteiger partial charge in [0.05, 0.1) is 5.39 Å². The molecule has 0 aliphatic heterocycles. The van der Waals surface area contributed by atoms with Crippen LogP contribution in [0, 0.1) is 6.92 Å². The van der Waals surface area contributed by atoms with Crippen LogP contribution >= 0.6 is 11.3 Å². The van der Waals surface area contributed by atoms with Gasteiger partial charge in [-0.1, -0.05) is 6.92 Å². The van der Waals surface area contributed by atoms with Crippen LogP contribution < -0.4 is 10.6 Å². The first-order chi connectivity index (χ1) is 10.0. The predicted octanol–water partition coefficient (Wildman–Crippen LogP) is 3.39. The Balaban J connectivity index is 2.44. The van der Waals surface area contributed by atoms with Crippen molar-refractivity contribution in [3.8, 4) is 0 Å². The van der Waals surface area contributed by atoms with Crippen molar-refractivity contribution in [1.29, 1.82) is 0 Å². The normalized spacial score (nSPS) is 14.1. The first-order valence-corrected chi connectivity index (χ1v) is 8.24. The van der Waals surface area contributed by atoms with Gasteiger partial charge in [-0.15, -0.1) is 11.3 Å². The van der Waals surface area contributed by atoms with Gasteiger partial charge in [-0.3, -0.25) is 0 Å². The number of fused-ring (bicyclic) bond motifs is 1. The van der Waals surface area contributed by atoms with Crippen LogP contribution in [0.2, 0.25) is 0 Å². The van der Waals surface area contributed by atoms with E-state index in [1.165, 1.54) is 4.88 Å². The van der Waals surface area contributed by atoms with Crippen LogP contribution in [-0.4, -0.2) is 33.8 Å². The molecule has 0 radical (unpaired) electrons. The zero-order valence-corrected chi connectivity index (χ0v) is 14.0. The lowest BCUT2D eigenvalue weighted by Gasteiger charge is -2.30. The Morgan fingerprint density at radius 1 is 1.33 bits per heavy atom. The molecule has 2 aromatic rings. The lowest BCUT2D eigenvalue weighted by molar-refractivity contribution is 0.252. The molecule has 0 bridgehead atoms. The number of nitrogens with zero attached hydrogens (tertiary/aromatic N) is 2. The molecule has 1 atom stereocenters. The Kier molecular flexibility index (Phi) is 5.00. The van der Waals surface area contributed by atoms with Crippen LogP contribution in [0.5, 0.6) is 0 Å². The average molecular weight is 308 g/mol. The van der Waals surface area contributed by atoms with E-state index in [9.17, 15) is 5.11 Å². The maximum atomic E-state index is 9.28. The van der Waals surface area contributed by atoms with E-state index >= 15 is 0 Å². The van der Waals surface area contributed by atoms with Gasteiger partial charge in [-0.25, -0.2) is 4.98 Å². The molecule has 2 rings (SSSR count). The van der Waals surface area contributed by atoms with E-state index in [1.54, 1.807) is 11.3 Å². The summed E-state index contributed by atoms with van der Waals surface area (Å²) in [5.41, 5.74) is -0.171. The van der Waals surface area contributed by atoms with Crippen LogP contribution in [0.3, 0.4) is 0 Å². The zero-order valence-electron chi connectivity index (χ0n) is 13.2. The second kappa shape index (κ2) is 6.58. The van der Waals surface area contributed by atoms with Crippen molar-refractivity contribution in [1.82, 2.24) is 9.97 Å². The van der Waals surface area contributed by atoms with Crippen molar-refractivity contribution < 1.29 is 5.11 Å². The molecule has 2 heterocycles. The summed E-state index contributed by atoms with van der Waals surface area (Å²) < 4.78 is 0. The molecule has 0 aliphatic rings. The molecule has 1 unspecified atom stereocenters. The van der Waals surface area contributed by atoms with Crippen LogP contribution in [0.1, 0.15) is 38.5 Å². The number of aryl methyl sites for hydroxylation is 1. The van der Waals surface area contributed by atoms with E-state index in [4.69, 9.17) is 0 Å². The van der Waals surface area contributed by atoms with E-state index in [2.05, 4.69) is 47.4 Å².